The summed E-state index contributed by atoms with van der Waals surface area (Å²) in [6.07, 6.45) is 0.947. The van der Waals surface area contributed by atoms with Gasteiger partial charge in [-0.15, -0.1) is 0 Å². The van der Waals surface area contributed by atoms with Crippen molar-refractivity contribution in [3.05, 3.63) is 30.1 Å². The van der Waals surface area contributed by atoms with Gasteiger partial charge < -0.3 is 5.32 Å². The van der Waals surface area contributed by atoms with Gasteiger partial charge in [-0.3, -0.25) is 4.79 Å². The minimum Gasteiger partial charge on any atom is -0.325 e. The lowest BCUT2D eigenvalue weighted by Crippen LogP contribution is -2.32. The number of carbonyl (C=O) groups excluding carboxylic acids is 1. The number of hydrogen-bond donors (Lipinski definition) is 2. The third-order valence-electron chi connectivity index (χ3n) is 1.60. The molecule has 0 atom stereocenters. The molecule has 7 heteroatoms. The SMILES string of the molecule is CS(=O)(=O)NCC(=O)Nc1cccc(F)c1. The van der Waals surface area contributed by atoms with Crippen LogP contribution in [-0.4, -0.2) is 27.1 Å². The summed E-state index contributed by atoms with van der Waals surface area (Å²) in [6.45, 7) is -0.380. The largest absolute Gasteiger partial charge is 0.325 e. The predicted octanol–water partition coefficient (Wildman–Crippen LogP) is 0.313. The predicted molar refractivity (Wildman–Crippen MR) is 57.9 cm³/mol. The first-order chi connectivity index (χ1) is 7.37. The van der Waals surface area contributed by atoms with Gasteiger partial charge in [0, 0.05) is 5.69 Å². The standard InChI is InChI=1S/C9H11FN2O3S/c1-16(14,15)11-6-9(13)12-8-4-2-3-7(10)5-8/h2-5,11H,6H2,1H3,(H,12,13). The van der Waals surface area contributed by atoms with Gasteiger partial charge in [0.15, 0.2) is 0 Å². The van der Waals surface area contributed by atoms with Crippen LogP contribution >= 0.6 is 0 Å². The molecule has 1 amide bonds. The van der Waals surface area contributed by atoms with Gasteiger partial charge >= 0.3 is 0 Å². The number of benzene rings is 1. The average Bonchev–Trinajstić information content (AvgIpc) is 2.14. The lowest BCUT2D eigenvalue weighted by Gasteiger charge is -2.05. The van der Waals surface area contributed by atoms with Crippen molar-refractivity contribution in [2.45, 2.75) is 0 Å². The first-order valence-electron chi connectivity index (χ1n) is 4.37. The Morgan fingerprint density at radius 2 is 2.12 bits per heavy atom. The second kappa shape index (κ2) is 5.04. The number of hydrogen-bond acceptors (Lipinski definition) is 3. The maximum Gasteiger partial charge on any atom is 0.239 e. The van der Waals surface area contributed by atoms with Crippen molar-refractivity contribution in [3.63, 3.8) is 0 Å². The molecule has 1 aromatic carbocycles. The van der Waals surface area contributed by atoms with Crippen LogP contribution in [0.15, 0.2) is 24.3 Å². The fourth-order valence-corrected chi connectivity index (χ4v) is 1.36. The zero-order chi connectivity index (χ0) is 12.2. The van der Waals surface area contributed by atoms with E-state index in [1.54, 1.807) is 0 Å². The molecule has 0 unspecified atom stereocenters. The lowest BCUT2D eigenvalue weighted by molar-refractivity contribution is -0.115. The molecule has 1 rings (SSSR count). The van der Waals surface area contributed by atoms with Crippen LogP contribution in [0, 0.1) is 5.82 Å². The van der Waals surface area contributed by atoms with Crippen LogP contribution in [0.25, 0.3) is 0 Å². The van der Waals surface area contributed by atoms with E-state index in [0.29, 0.717) is 0 Å². The molecule has 2 N–H and O–H groups in total. The van der Waals surface area contributed by atoms with Crippen LogP contribution < -0.4 is 10.0 Å². The molecular weight excluding hydrogens is 235 g/mol. The van der Waals surface area contributed by atoms with Crippen LogP contribution in [0.4, 0.5) is 10.1 Å². The van der Waals surface area contributed by atoms with E-state index in [1.807, 2.05) is 4.72 Å². The summed E-state index contributed by atoms with van der Waals surface area (Å²) in [4.78, 5) is 11.2. The Balaban J connectivity index is 2.52. The van der Waals surface area contributed by atoms with Crippen molar-refractivity contribution < 1.29 is 17.6 Å². The summed E-state index contributed by atoms with van der Waals surface area (Å²) < 4.78 is 36.1. The van der Waals surface area contributed by atoms with E-state index >= 15 is 0 Å². The fraction of sp³-hybridized carbons (Fsp3) is 0.222. The van der Waals surface area contributed by atoms with E-state index in [-0.39, 0.29) is 12.2 Å². The van der Waals surface area contributed by atoms with Gasteiger partial charge in [0.1, 0.15) is 5.82 Å². The average molecular weight is 246 g/mol. The van der Waals surface area contributed by atoms with Gasteiger partial charge in [-0.2, -0.15) is 0 Å². The first-order valence-corrected chi connectivity index (χ1v) is 6.26. The molecule has 0 saturated carbocycles. The highest BCUT2D eigenvalue weighted by Gasteiger charge is 2.06. The monoisotopic (exact) mass is 246 g/mol. The molecular formula is C9H11FN2O3S. The van der Waals surface area contributed by atoms with Crippen LogP contribution in [0.5, 0.6) is 0 Å². The molecule has 88 valence electrons. The molecule has 0 aliphatic heterocycles. The van der Waals surface area contributed by atoms with Crippen LogP contribution in [0.3, 0.4) is 0 Å². The highest BCUT2D eigenvalue weighted by Crippen LogP contribution is 2.08. The number of carbonyl (C=O) groups is 1. The molecule has 0 spiro atoms. The van der Waals surface area contributed by atoms with Gasteiger partial charge in [0.2, 0.25) is 15.9 Å². The molecule has 5 nitrogen and oxygen atoms in total. The Kier molecular flexibility index (Phi) is 3.97. The zero-order valence-corrected chi connectivity index (χ0v) is 9.34. The molecule has 0 fully saturated rings. The molecule has 0 radical (unpaired) electrons. The highest BCUT2D eigenvalue weighted by molar-refractivity contribution is 7.88. The van der Waals surface area contributed by atoms with Gasteiger partial charge in [-0.05, 0) is 18.2 Å². The van der Waals surface area contributed by atoms with Crippen molar-refractivity contribution in [2.75, 3.05) is 18.1 Å². The molecule has 0 bridgehead atoms. The van der Waals surface area contributed by atoms with Crippen LogP contribution in [0.2, 0.25) is 0 Å². The second-order valence-electron chi connectivity index (χ2n) is 3.15. The smallest absolute Gasteiger partial charge is 0.239 e. The zero-order valence-electron chi connectivity index (χ0n) is 8.53. The Hall–Kier alpha value is -1.47. The lowest BCUT2D eigenvalue weighted by atomic mass is 10.3. The van der Waals surface area contributed by atoms with E-state index in [2.05, 4.69) is 5.32 Å². The molecule has 0 heterocycles. The minimum absolute atomic E-state index is 0.278. The normalized spacial score (nSPS) is 11.1. The van der Waals surface area contributed by atoms with Crippen LogP contribution in [0.1, 0.15) is 0 Å². The summed E-state index contributed by atoms with van der Waals surface area (Å²) in [5.41, 5.74) is 0.278. The number of halogens is 1. The summed E-state index contributed by atoms with van der Waals surface area (Å²) in [5.74, 6) is -1.04. The minimum atomic E-state index is -3.40. The number of amides is 1. The Labute approximate surface area is 92.7 Å². The Morgan fingerprint density at radius 1 is 1.44 bits per heavy atom. The molecule has 0 aromatic heterocycles. The number of anilines is 1. The van der Waals surface area contributed by atoms with Crippen molar-refractivity contribution >= 4 is 21.6 Å². The number of nitrogens with one attached hydrogen (secondary N) is 2. The van der Waals surface area contributed by atoms with E-state index in [0.717, 1.165) is 12.3 Å². The van der Waals surface area contributed by atoms with Gasteiger partial charge in [-0.25, -0.2) is 17.5 Å². The topological polar surface area (TPSA) is 75.3 Å². The van der Waals surface area contributed by atoms with E-state index in [1.165, 1.54) is 18.2 Å². The quantitative estimate of drug-likeness (QED) is 0.803. The van der Waals surface area contributed by atoms with Gasteiger partial charge in [0.25, 0.3) is 0 Å². The summed E-state index contributed by atoms with van der Waals surface area (Å²) in [7, 11) is -3.40. The molecule has 0 saturated heterocycles. The number of sulfonamides is 1. The summed E-state index contributed by atoms with van der Waals surface area (Å²) in [5, 5.41) is 2.35. The van der Waals surface area contributed by atoms with Crippen molar-refractivity contribution in [1.29, 1.82) is 0 Å². The van der Waals surface area contributed by atoms with Crippen molar-refractivity contribution in [3.8, 4) is 0 Å². The Bertz CT molecular complexity index is 487. The van der Waals surface area contributed by atoms with Gasteiger partial charge in [0.05, 0.1) is 12.8 Å². The maximum absolute atomic E-state index is 12.7. The van der Waals surface area contributed by atoms with E-state index in [4.69, 9.17) is 0 Å². The maximum atomic E-state index is 12.7. The first kappa shape index (κ1) is 12.6. The summed E-state index contributed by atoms with van der Waals surface area (Å²) in [6, 6.07) is 5.32. The van der Waals surface area contributed by atoms with E-state index in [9.17, 15) is 17.6 Å². The van der Waals surface area contributed by atoms with Gasteiger partial charge in [-0.1, -0.05) is 6.07 Å². The summed E-state index contributed by atoms with van der Waals surface area (Å²) >= 11 is 0. The van der Waals surface area contributed by atoms with Crippen molar-refractivity contribution in [2.24, 2.45) is 0 Å². The molecule has 1 aromatic rings. The second-order valence-corrected chi connectivity index (χ2v) is 4.98. The Morgan fingerprint density at radius 3 is 2.69 bits per heavy atom. The van der Waals surface area contributed by atoms with Crippen LogP contribution in [-0.2, 0) is 14.8 Å². The third-order valence-corrected chi connectivity index (χ3v) is 2.27. The molecule has 0 aliphatic rings. The third kappa shape index (κ3) is 4.85. The highest BCUT2D eigenvalue weighted by atomic mass is 32.2. The molecule has 16 heavy (non-hydrogen) atoms. The van der Waals surface area contributed by atoms with E-state index < -0.39 is 21.7 Å². The molecule has 0 aliphatic carbocycles. The fourth-order valence-electron chi connectivity index (χ4n) is 0.968. The van der Waals surface area contributed by atoms with Crippen molar-refractivity contribution in [1.82, 2.24) is 4.72 Å². The number of rotatable bonds is 4.